The van der Waals surface area contributed by atoms with Crippen molar-refractivity contribution in [2.75, 3.05) is 13.2 Å². The summed E-state index contributed by atoms with van der Waals surface area (Å²) in [6.07, 6.45) is 83.5. The van der Waals surface area contributed by atoms with Crippen molar-refractivity contribution in [2.45, 2.75) is 423 Å². The largest absolute Gasteiger partial charge is 0.394 e. The fourth-order valence-corrected chi connectivity index (χ4v) is 12.3. The molecule has 0 aromatic heterocycles. The molecule has 0 spiro atoms. The van der Waals surface area contributed by atoms with E-state index >= 15 is 0 Å². The molecule has 1 rings (SSSR count). The molecule has 0 saturated carbocycles. The molecular weight excluding hydrogens is 1070 g/mol. The Balaban J connectivity index is 2.06. The van der Waals surface area contributed by atoms with Gasteiger partial charge in [0.2, 0.25) is 5.91 Å². The van der Waals surface area contributed by atoms with Crippen molar-refractivity contribution in [3.63, 3.8) is 0 Å². The van der Waals surface area contributed by atoms with Crippen molar-refractivity contribution >= 4 is 5.91 Å². The number of rotatable bonds is 67. The molecule has 0 aliphatic carbocycles. The fourth-order valence-electron chi connectivity index (χ4n) is 12.3. The van der Waals surface area contributed by atoms with Crippen LogP contribution in [0.4, 0.5) is 0 Å². The number of hydrogen-bond donors (Lipinski definition) is 6. The molecule has 7 unspecified atom stereocenters. The number of aliphatic hydroxyl groups is 5. The first-order chi connectivity index (χ1) is 42.3. The Kier molecular flexibility index (Phi) is 63.1. The molecule has 0 aromatic carbocycles. The lowest BCUT2D eigenvalue weighted by atomic mass is 9.99. The van der Waals surface area contributed by atoms with Crippen LogP contribution in [0, 0.1) is 0 Å². The van der Waals surface area contributed by atoms with E-state index in [0.717, 1.165) is 64.2 Å². The van der Waals surface area contributed by atoms with Gasteiger partial charge in [0.1, 0.15) is 24.4 Å². The Morgan fingerprint density at radius 1 is 0.407 bits per heavy atom. The topological polar surface area (TPSA) is 149 Å². The summed E-state index contributed by atoms with van der Waals surface area (Å²) >= 11 is 0. The van der Waals surface area contributed by atoms with E-state index < -0.39 is 49.5 Å². The molecule has 1 amide bonds. The van der Waals surface area contributed by atoms with Gasteiger partial charge in [0.25, 0.3) is 0 Å². The van der Waals surface area contributed by atoms with Gasteiger partial charge >= 0.3 is 0 Å². The maximum absolute atomic E-state index is 13.2. The van der Waals surface area contributed by atoms with Gasteiger partial charge in [0, 0.05) is 6.42 Å². The number of carbonyl (C=O) groups is 1. The van der Waals surface area contributed by atoms with Crippen LogP contribution in [0.2, 0.25) is 0 Å². The maximum Gasteiger partial charge on any atom is 0.220 e. The molecule has 0 aromatic rings. The molecule has 1 fully saturated rings. The smallest absolute Gasteiger partial charge is 0.220 e. The first-order valence-electron chi connectivity index (χ1n) is 37.8. The lowest BCUT2D eigenvalue weighted by Crippen LogP contribution is -2.60. The molecule has 1 aliphatic heterocycles. The zero-order chi connectivity index (χ0) is 62.1. The predicted molar refractivity (Wildman–Crippen MR) is 369 cm³/mol. The Morgan fingerprint density at radius 3 is 1.07 bits per heavy atom. The number of aliphatic hydroxyl groups excluding tert-OH is 5. The second-order valence-electron chi connectivity index (χ2n) is 26.4. The minimum absolute atomic E-state index is 0.134. The highest BCUT2D eigenvalue weighted by molar-refractivity contribution is 5.76. The van der Waals surface area contributed by atoms with E-state index in [1.54, 1.807) is 0 Å². The van der Waals surface area contributed by atoms with Crippen LogP contribution >= 0.6 is 0 Å². The van der Waals surface area contributed by atoms with Gasteiger partial charge in [-0.05, 0) is 51.4 Å². The maximum atomic E-state index is 13.2. The van der Waals surface area contributed by atoms with Crippen LogP contribution in [0.1, 0.15) is 380 Å². The van der Waals surface area contributed by atoms with Crippen molar-refractivity contribution in [2.24, 2.45) is 0 Å². The van der Waals surface area contributed by atoms with Gasteiger partial charge in [-0.1, -0.05) is 371 Å². The van der Waals surface area contributed by atoms with Crippen LogP contribution in [-0.4, -0.2) is 87.5 Å². The predicted octanol–water partition coefficient (Wildman–Crippen LogP) is 21.1. The van der Waals surface area contributed by atoms with Crippen LogP contribution in [-0.2, 0) is 14.3 Å². The molecule has 7 atom stereocenters. The number of nitrogens with one attached hydrogen (secondary N) is 1. The SMILES string of the molecule is CC/C=C\C/C=C\C/C=C\C/C=C\CCCCCCCCCCCCCCCCCCCCCCCCC(=O)NC(COC1OC(CO)C(O)C(O)C1O)C(O)CCCCCCCCCCCCCCCCCCCCCCCCCCCCCC. The summed E-state index contributed by atoms with van der Waals surface area (Å²) in [6.45, 7) is 3.78. The molecule has 1 saturated heterocycles. The highest BCUT2D eigenvalue weighted by Gasteiger charge is 2.44. The highest BCUT2D eigenvalue weighted by atomic mass is 16.7. The van der Waals surface area contributed by atoms with Crippen molar-refractivity contribution in [3.8, 4) is 0 Å². The van der Waals surface area contributed by atoms with E-state index in [9.17, 15) is 30.3 Å². The van der Waals surface area contributed by atoms with E-state index in [2.05, 4.69) is 67.8 Å². The molecule has 86 heavy (non-hydrogen) atoms. The number of unbranched alkanes of at least 4 members (excludes halogenated alkanes) is 49. The van der Waals surface area contributed by atoms with Crippen LogP contribution < -0.4 is 5.32 Å². The first kappa shape index (κ1) is 82.2. The zero-order valence-corrected chi connectivity index (χ0v) is 56.8. The van der Waals surface area contributed by atoms with Gasteiger partial charge in [-0.3, -0.25) is 4.79 Å². The second-order valence-corrected chi connectivity index (χ2v) is 26.4. The normalized spacial score (nSPS) is 18.2. The zero-order valence-electron chi connectivity index (χ0n) is 56.8. The van der Waals surface area contributed by atoms with Gasteiger partial charge in [-0.2, -0.15) is 0 Å². The Morgan fingerprint density at radius 2 is 0.721 bits per heavy atom. The first-order valence-corrected chi connectivity index (χ1v) is 37.8. The van der Waals surface area contributed by atoms with E-state index in [0.29, 0.717) is 12.8 Å². The number of amides is 1. The lowest BCUT2D eigenvalue weighted by molar-refractivity contribution is -0.302. The lowest BCUT2D eigenvalue weighted by Gasteiger charge is -2.40. The molecule has 506 valence electrons. The summed E-state index contributed by atoms with van der Waals surface area (Å²) in [5, 5.41) is 55.0. The van der Waals surface area contributed by atoms with E-state index in [1.165, 1.54) is 289 Å². The Hall–Kier alpha value is -1.85. The van der Waals surface area contributed by atoms with E-state index in [4.69, 9.17) is 9.47 Å². The Labute approximate surface area is 533 Å². The van der Waals surface area contributed by atoms with Crippen LogP contribution in [0.15, 0.2) is 48.6 Å². The summed E-state index contributed by atoms with van der Waals surface area (Å²) in [5.41, 5.74) is 0. The minimum atomic E-state index is -1.55. The van der Waals surface area contributed by atoms with Crippen LogP contribution in [0.3, 0.4) is 0 Å². The Bertz CT molecular complexity index is 1500. The summed E-state index contributed by atoms with van der Waals surface area (Å²) in [6, 6.07) is -0.720. The standard InChI is InChI=1S/C77H145NO8/c1-3-5-7-9-11-13-15-17-19-21-23-25-27-29-31-33-34-35-36-37-38-39-41-43-45-47-49-51-53-55-57-59-61-63-65-67-73(81)78-70(69-85-77-76(84)75(83)74(82)72(68-79)86-77)71(80)66-64-62-60-58-56-54-52-50-48-46-44-42-40-32-30-28-26-24-22-20-18-16-14-12-10-8-6-4-2/h5,7,11,13,17,19,23,25,70-72,74-77,79-80,82-84H,3-4,6,8-10,12,14-16,18,20-22,24,26-69H2,1-2H3,(H,78,81)/b7-5-,13-11-,19-17-,25-23-. The third-order valence-corrected chi connectivity index (χ3v) is 18.2. The van der Waals surface area contributed by atoms with Crippen molar-refractivity contribution in [3.05, 3.63) is 48.6 Å². The molecule has 0 radical (unpaired) electrons. The van der Waals surface area contributed by atoms with Gasteiger partial charge < -0.3 is 40.3 Å². The summed E-state index contributed by atoms with van der Waals surface area (Å²) in [4.78, 5) is 13.2. The molecular formula is C77H145NO8. The van der Waals surface area contributed by atoms with Crippen molar-refractivity contribution < 1.29 is 39.8 Å². The molecule has 1 aliphatic rings. The molecule has 6 N–H and O–H groups in total. The van der Waals surface area contributed by atoms with Gasteiger partial charge in [0.05, 0.1) is 25.4 Å². The van der Waals surface area contributed by atoms with Gasteiger partial charge in [-0.25, -0.2) is 0 Å². The average molecular weight is 1210 g/mol. The molecule has 9 heteroatoms. The average Bonchev–Trinajstić information content (AvgIpc) is 3.65. The quantitative estimate of drug-likeness (QED) is 0.0261. The molecule has 9 nitrogen and oxygen atoms in total. The third-order valence-electron chi connectivity index (χ3n) is 18.2. The fraction of sp³-hybridized carbons (Fsp3) is 0.883. The number of hydrogen-bond acceptors (Lipinski definition) is 8. The molecule has 1 heterocycles. The third kappa shape index (κ3) is 53.9. The minimum Gasteiger partial charge on any atom is -0.394 e. The molecule has 0 bridgehead atoms. The number of ether oxygens (including phenoxy) is 2. The van der Waals surface area contributed by atoms with E-state index in [-0.39, 0.29) is 12.5 Å². The second kappa shape index (κ2) is 66.1. The van der Waals surface area contributed by atoms with Gasteiger partial charge in [0.15, 0.2) is 6.29 Å². The van der Waals surface area contributed by atoms with Gasteiger partial charge in [-0.15, -0.1) is 0 Å². The summed E-state index contributed by atoms with van der Waals surface area (Å²) in [7, 11) is 0. The monoisotopic (exact) mass is 1210 g/mol. The summed E-state index contributed by atoms with van der Waals surface area (Å²) in [5.74, 6) is -0.136. The van der Waals surface area contributed by atoms with Crippen LogP contribution in [0.5, 0.6) is 0 Å². The highest BCUT2D eigenvalue weighted by Crippen LogP contribution is 2.24. The van der Waals surface area contributed by atoms with Crippen molar-refractivity contribution in [1.29, 1.82) is 0 Å². The number of carbonyl (C=O) groups excluding carboxylic acids is 1. The van der Waals surface area contributed by atoms with Crippen molar-refractivity contribution in [1.82, 2.24) is 5.32 Å². The van der Waals surface area contributed by atoms with Crippen LogP contribution in [0.25, 0.3) is 0 Å². The van der Waals surface area contributed by atoms with E-state index in [1.807, 2.05) is 0 Å². The number of allylic oxidation sites excluding steroid dienone is 8. The summed E-state index contributed by atoms with van der Waals surface area (Å²) < 4.78 is 11.4.